The Hall–Kier alpha value is -0.890. The molecule has 0 aliphatic rings. The van der Waals surface area contributed by atoms with E-state index in [0.29, 0.717) is 0 Å². The van der Waals surface area contributed by atoms with Gasteiger partial charge in [0.2, 0.25) is 0 Å². The molecule has 0 heterocycles. The summed E-state index contributed by atoms with van der Waals surface area (Å²) in [5, 5.41) is 8.78. The van der Waals surface area contributed by atoms with Crippen LogP contribution >= 0.6 is 0 Å². The number of rotatable bonds is 5. The molecular weight excluding hydrogens is 150 g/mol. The molecule has 1 N–H and O–H groups in total. The van der Waals surface area contributed by atoms with Crippen LogP contribution in [0.5, 0.6) is 0 Å². The van der Waals surface area contributed by atoms with Gasteiger partial charge in [-0.25, -0.2) is 0 Å². The first-order valence-corrected chi connectivity index (χ1v) is 4.27. The summed E-state index contributed by atoms with van der Waals surface area (Å²) in [4.78, 5) is 4.14. The molecule has 0 aliphatic heterocycles. The monoisotopic (exact) mass is 167 g/mol. The Morgan fingerprint density at radius 2 is 2.08 bits per heavy atom. The number of allylic oxidation sites excluding steroid dienone is 4. The summed E-state index contributed by atoms with van der Waals surface area (Å²) in [6.07, 6.45) is 10.3. The van der Waals surface area contributed by atoms with Gasteiger partial charge >= 0.3 is 0 Å². The second kappa shape index (κ2) is 8.21. The van der Waals surface area contributed by atoms with Crippen LogP contribution in [0.25, 0.3) is 0 Å². The summed E-state index contributed by atoms with van der Waals surface area (Å²) >= 11 is 0. The van der Waals surface area contributed by atoms with Gasteiger partial charge in [-0.3, -0.25) is 4.99 Å². The molecule has 0 bridgehead atoms. The van der Waals surface area contributed by atoms with Crippen LogP contribution in [0, 0.1) is 0 Å². The van der Waals surface area contributed by atoms with Gasteiger partial charge in [0.1, 0.15) is 0 Å². The topological polar surface area (TPSA) is 32.6 Å². The van der Waals surface area contributed by atoms with Crippen molar-refractivity contribution in [2.24, 2.45) is 4.99 Å². The number of hydrogen-bond acceptors (Lipinski definition) is 2. The highest BCUT2D eigenvalue weighted by Crippen LogP contribution is 1.93. The zero-order valence-electron chi connectivity index (χ0n) is 7.77. The minimum Gasteiger partial charge on any atom is -0.394 e. The number of aliphatic imine (C=N–C) groups is 1. The van der Waals surface area contributed by atoms with Crippen molar-refractivity contribution in [3.8, 4) is 0 Å². The minimum atomic E-state index is 0.0558. The molecular formula is C10H17NO. The van der Waals surface area contributed by atoms with Gasteiger partial charge < -0.3 is 5.11 Å². The van der Waals surface area contributed by atoms with Crippen LogP contribution in [0.2, 0.25) is 0 Å². The summed E-state index contributed by atoms with van der Waals surface area (Å²) < 4.78 is 0. The molecule has 1 unspecified atom stereocenters. The van der Waals surface area contributed by atoms with Crippen LogP contribution in [0.15, 0.2) is 29.3 Å². The second-order valence-corrected chi connectivity index (χ2v) is 2.45. The van der Waals surface area contributed by atoms with E-state index in [2.05, 4.69) is 4.99 Å². The number of aliphatic hydroxyl groups is 1. The number of aliphatic hydroxyl groups excluding tert-OH is 1. The standard InChI is InChI=1S/C10H17NO/c1-3-5-6-7-8-11-10(4-2)9-12/h3,5-8,10,12H,4,9H2,1-2H3. The molecule has 0 aliphatic carbocycles. The minimum absolute atomic E-state index is 0.0558. The van der Waals surface area contributed by atoms with Crippen molar-refractivity contribution in [2.75, 3.05) is 6.61 Å². The summed E-state index contributed by atoms with van der Waals surface area (Å²) in [5.74, 6) is 0. The first kappa shape index (κ1) is 11.1. The van der Waals surface area contributed by atoms with Gasteiger partial charge in [0.15, 0.2) is 0 Å². The Morgan fingerprint density at radius 1 is 1.33 bits per heavy atom. The lowest BCUT2D eigenvalue weighted by molar-refractivity contribution is 0.264. The quantitative estimate of drug-likeness (QED) is 0.492. The van der Waals surface area contributed by atoms with Crippen molar-refractivity contribution in [3.05, 3.63) is 24.3 Å². The van der Waals surface area contributed by atoms with Crippen LogP contribution in [0.1, 0.15) is 20.3 Å². The van der Waals surface area contributed by atoms with Gasteiger partial charge in [0, 0.05) is 6.21 Å². The molecule has 0 fully saturated rings. The zero-order chi connectivity index (χ0) is 9.23. The highest BCUT2D eigenvalue weighted by molar-refractivity contribution is 5.71. The number of nitrogens with zero attached hydrogens (tertiary/aromatic N) is 1. The van der Waals surface area contributed by atoms with Crippen molar-refractivity contribution < 1.29 is 5.11 Å². The van der Waals surface area contributed by atoms with Crippen molar-refractivity contribution in [3.63, 3.8) is 0 Å². The molecule has 2 nitrogen and oxygen atoms in total. The molecule has 0 rings (SSSR count). The number of hydrogen-bond donors (Lipinski definition) is 1. The van der Waals surface area contributed by atoms with Gasteiger partial charge in [0.25, 0.3) is 0 Å². The van der Waals surface area contributed by atoms with Crippen LogP contribution in [-0.4, -0.2) is 24.0 Å². The molecule has 1 atom stereocenters. The molecule has 0 saturated carbocycles. The van der Waals surface area contributed by atoms with Gasteiger partial charge in [-0.2, -0.15) is 0 Å². The molecule has 0 spiro atoms. The summed E-state index contributed by atoms with van der Waals surface area (Å²) in [6.45, 7) is 4.10. The normalized spacial score (nSPS) is 15.2. The van der Waals surface area contributed by atoms with E-state index >= 15 is 0 Å². The van der Waals surface area contributed by atoms with Crippen LogP contribution in [0.3, 0.4) is 0 Å². The molecule has 0 radical (unpaired) electrons. The summed E-state index contributed by atoms with van der Waals surface area (Å²) in [6, 6.07) is 0.0558. The lowest BCUT2D eigenvalue weighted by atomic mass is 10.2. The molecule has 68 valence electrons. The Kier molecular flexibility index (Phi) is 7.60. The highest BCUT2D eigenvalue weighted by Gasteiger charge is 1.96. The average Bonchev–Trinajstić information content (AvgIpc) is 2.11. The molecule has 0 saturated heterocycles. The van der Waals surface area contributed by atoms with Gasteiger partial charge in [-0.15, -0.1) is 0 Å². The predicted octanol–water partition coefficient (Wildman–Crippen LogP) is 1.96. The summed E-state index contributed by atoms with van der Waals surface area (Å²) in [7, 11) is 0. The Balaban J connectivity index is 3.72. The van der Waals surface area contributed by atoms with Gasteiger partial charge in [-0.05, 0) is 19.4 Å². The molecule has 12 heavy (non-hydrogen) atoms. The fourth-order valence-electron chi connectivity index (χ4n) is 0.678. The first-order chi connectivity index (χ1) is 5.85. The van der Waals surface area contributed by atoms with Crippen molar-refractivity contribution in [2.45, 2.75) is 26.3 Å². The van der Waals surface area contributed by atoms with E-state index in [0.717, 1.165) is 6.42 Å². The largest absolute Gasteiger partial charge is 0.394 e. The van der Waals surface area contributed by atoms with Crippen molar-refractivity contribution >= 4 is 6.21 Å². The average molecular weight is 167 g/mol. The predicted molar refractivity (Wildman–Crippen MR) is 53.6 cm³/mol. The smallest absolute Gasteiger partial charge is 0.0727 e. The third kappa shape index (κ3) is 5.86. The van der Waals surface area contributed by atoms with E-state index in [1.54, 1.807) is 6.21 Å². The Labute approximate surface area is 74.3 Å². The Morgan fingerprint density at radius 3 is 2.58 bits per heavy atom. The maximum absolute atomic E-state index is 8.78. The lowest BCUT2D eigenvalue weighted by Gasteiger charge is -2.02. The van der Waals surface area contributed by atoms with Crippen molar-refractivity contribution in [1.29, 1.82) is 0 Å². The summed E-state index contributed by atoms with van der Waals surface area (Å²) in [5.41, 5.74) is 0. The molecule has 0 aromatic heterocycles. The van der Waals surface area contributed by atoms with Crippen molar-refractivity contribution in [1.82, 2.24) is 0 Å². The van der Waals surface area contributed by atoms with E-state index in [4.69, 9.17) is 5.11 Å². The maximum atomic E-state index is 8.78. The van der Waals surface area contributed by atoms with E-state index < -0.39 is 0 Å². The van der Waals surface area contributed by atoms with E-state index in [1.165, 1.54) is 0 Å². The third-order valence-electron chi connectivity index (χ3n) is 1.48. The molecule has 0 aromatic carbocycles. The lowest BCUT2D eigenvalue weighted by Crippen LogP contribution is -2.07. The van der Waals surface area contributed by atoms with Gasteiger partial charge in [0.05, 0.1) is 12.6 Å². The SMILES string of the molecule is CC=CC=CC=NC(CC)CO. The molecule has 2 heteroatoms. The van der Waals surface area contributed by atoms with Crippen LogP contribution in [0.4, 0.5) is 0 Å². The van der Waals surface area contributed by atoms with E-state index in [-0.39, 0.29) is 12.6 Å². The van der Waals surface area contributed by atoms with E-state index in [9.17, 15) is 0 Å². The first-order valence-electron chi connectivity index (χ1n) is 4.27. The fourth-order valence-corrected chi connectivity index (χ4v) is 0.678. The fraction of sp³-hybridized carbons (Fsp3) is 0.500. The van der Waals surface area contributed by atoms with Crippen LogP contribution < -0.4 is 0 Å². The zero-order valence-corrected chi connectivity index (χ0v) is 7.77. The van der Waals surface area contributed by atoms with Crippen LogP contribution in [-0.2, 0) is 0 Å². The van der Waals surface area contributed by atoms with Gasteiger partial charge in [-0.1, -0.05) is 25.2 Å². The van der Waals surface area contributed by atoms with E-state index in [1.807, 2.05) is 38.2 Å². The second-order valence-electron chi connectivity index (χ2n) is 2.45. The molecule has 0 amide bonds. The Bertz CT molecular complexity index is 167. The molecule has 0 aromatic rings. The third-order valence-corrected chi connectivity index (χ3v) is 1.48. The maximum Gasteiger partial charge on any atom is 0.0727 e. The highest BCUT2D eigenvalue weighted by atomic mass is 16.3.